The molecule has 0 spiro atoms. The van der Waals surface area contributed by atoms with Crippen molar-refractivity contribution in [1.29, 1.82) is 0 Å². The second-order valence-electron chi connectivity index (χ2n) is 5.61. The van der Waals surface area contributed by atoms with Crippen LogP contribution in [-0.4, -0.2) is 21.0 Å². The summed E-state index contributed by atoms with van der Waals surface area (Å²) in [5.74, 6) is 0.368. The Hall–Kier alpha value is -2.17. The number of halogens is 1. The molecule has 0 aliphatic heterocycles. The van der Waals surface area contributed by atoms with Crippen LogP contribution in [0.1, 0.15) is 41.3 Å². The largest absolute Gasteiger partial charge is 0.366 e. The maximum absolute atomic E-state index is 11.2. The highest BCUT2D eigenvalue weighted by Crippen LogP contribution is 2.37. The number of hydrogen-bond donors (Lipinski definition) is 2. The van der Waals surface area contributed by atoms with Crippen LogP contribution in [0.3, 0.4) is 0 Å². The van der Waals surface area contributed by atoms with Gasteiger partial charge in [-0.05, 0) is 31.4 Å². The van der Waals surface area contributed by atoms with Gasteiger partial charge in [-0.25, -0.2) is 0 Å². The maximum Gasteiger partial charge on any atom is 0.283 e. The van der Waals surface area contributed by atoms with Gasteiger partial charge < -0.3 is 16.0 Å². The Morgan fingerprint density at radius 2 is 2.16 bits per heavy atom. The Balaban J connectivity index is 0.00000225. The molecule has 1 aromatic heterocycles. The first-order valence-corrected chi connectivity index (χ1v) is 8.20. The van der Waals surface area contributed by atoms with E-state index in [4.69, 9.17) is 16.0 Å². The monoisotopic (exact) mass is 385 g/mol. The quantitative estimate of drug-likeness (QED) is 0.435. The Bertz CT molecular complexity index is 808. The van der Waals surface area contributed by atoms with Crippen LogP contribution in [-0.2, 0) is 11.3 Å². The SMILES string of the molecule is Cl.NC(=O)c1ccc(SCc2nc(C3(N)CCC3)no2)c([N+](=O)[O-])c1. The van der Waals surface area contributed by atoms with Crippen molar-refractivity contribution >= 4 is 35.8 Å². The molecule has 3 rings (SSSR count). The summed E-state index contributed by atoms with van der Waals surface area (Å²) in [4.78, 5) is 26.4. The molecule has 1 aliphatic rings. The van der Waals surface area contributed by atoms with E-state index < -0.39 is 16.4 Å². The third-order valence-electron chi connectivity index (χ3n) is 3.95. The molecule has 9 nitrogen and oxygen atoms in total. The van der Waals surface area contributed by atoms with E-state index in [1.807, 2.05) is 0 Å². The van der Waals surface area contributed by atoms with Gasteiger partial charge in [-0.15, -0.1) is 24.2 Å². The normalized spacial score (nSPS) is 15.1. The van der Waals surface area contributed by atoms with Crippen LogP contribution in [0.15, 0.2) is 27.6 Å². The van der Waals surface area contributed by atoms with Crippen molar-refractivity contribution in [1.82, 2.24) is 10.1 Å². The van der Waals surface area contributed by atoms with Gasteiger partial charge in [0.1, 0.15) is 0 Å². The van der Waals surface area contributed by atoms with E-state index in [1.165, 1.54) is 23.9 Å². The molecule has 1 heterocycles. The van der Waals surface area contributed by atoms with Crippen molar-refractivity contribution in [3.63, 3.8) is 0 Å². The van der Waals surface area contributed by atoms with E-state index in [1.54, 1.807) is 0 Å². The highest BCUT2D eigenvalue weighted by atomic mass is 35.5. The number of nitrogens with two attached hydrogens (primary N) is 2. The Morgan fingerprint density at radius 3 is 2.72 bits per heavy atom. The minimum Gasteiger partial charge on any atom is -0.366 e. The number of nitrogens with zero attached hydrogens (tertiary/aromatic N) is 3. The Morgan fingerprint density at radius 1 is 1.44 bits per heavy atom. The number of carbonyl (C=O) groups is 1. The van der Waals surface area contributed by atoms with E-state index in [0.717, 1.165) is 25.3 Å². The van der Waals surface area contributed by atoms with Crippen LogP contribution in [0.4, 0.5) is 5.69 Å². The lowest BCUT2D eigenvalue weighted by atomic mass is 9.77. The number of primary amides is 1. The van der Waals surface area contributed by atoms with Crippen LogP contribution in [0.25, 0.3) is 0 Å². The molecular formula is C14H16ClN5O4S. The molecule has 4 N–H and O–H groups in total. The fraction of sp³-hybridized carbons (Fsp3) is 0.357. The molecule has 25 heavy (non-hydrogen) atoms. The zero-order chi connectivity index (χ0) is 17.3. The lowest BCUT2D eigenvalue weighted by molar-refractivity contribution is -0.387. The van der Waals surface area contributed by atoms with Crippen LogP contribution in [0.5, 0.6) is 0 Å². The van der Waals surface area contributed by atoms with E-state index >= 15 is 0 Å². The second-order valence-corrected chi connectivity index (χ2v) is 6.63. The summed E-state index contributed by atoms with van der Waals surface area (Å²) in [6.45, 7) is 0. The Labute approximate surface area is 153 Å². The van der Waals surface area contributed by atoms with E-state index in [-0.39, 0.29) is 29.4 Å². The topological polar surface area (TPSA) is 151 Å². The lowest BCUT2D eigenvalue weighted by Crippen LogP contribution is -2.44. The molecule has 134 valence electrons. The number of amides is 1. The Kier molecular flexibility index (Phi) is 5.65. The standard InChI is InChI=1S/C14H15N5O4S.ClH/c15-12(20)8-2-3-10(9(6-8)19(21)22)24-7-11-17-13(18-23-11)14(16)4-1-5-14;/h2-3,6H,1,4-5,7,16H2,(H2,15,20);1H. The molecule has 0 bridgehead atoms. The van der Waals surface area contributed by atoms with Crippen LogP contribution < -0.4 is 11.5 Å². The van der Waals surface area contributed by atoms with E-state index in [2.05, 4.69) is 10.1 Å². The number of nitro groups is 1. The summed E-state index contributed by atoms with van der Waals surface area (Å²) < 4.78 is 5.16. The number of nitro benzene ring substituents is 1. The van der Waals surface area contributed by atoms with Crippen molar-refractivity contribution < 1.29 is 14.2 Å². The number of carbonyl (C=O) groups excluding carboxylic acids is 1. The average molecular weight is 386 g/mol. The van der Waals surface area contributed by atoms with Gasteiger partial charge in [0.15, 0.2) is 5.82 Å². The molecule has 0 saturated heterocycles. The molecule has 1 fully saturated rings. The van der Waals surface area contributed by atoms with Gasteiger partial charge in [0, 0.05) is 11.6 Å². The first-order chi connectivity index (χ1) is 11.4. The van der Waals surface area contributed by atoms with E-state index in [9.17, 15) is 14.9 Å². The fourth-order valence-corrected chi connectivity index (χ4v) is 3.21. The minimum atomic E-state index is -0.718. The van der Waals surface area contributed by atoms with Gasteiger partial charge in [0.25, 0.3) is 5.69 Å². The molecular weight excluding hydrogens is 370 g/mol. The van der Waals surface area contributed by atoms with Crippen LogP contribution in [0, 0.1) is 10.1 Å². The van der Waals surface area contributed by atoms with Crippen molar-refractivity contribution in [3.8, 4) is 0 Å². The van der Waals surface area contributed by atoms with Crippen molar-refractivity contribution in [2.45, 2.75) is 35.4 Å². The molecule has 1 aliphatic carbocycles. The van der Waals surface area contributed by atoms with Crippen LogP contribution >= 0.6 is 24.2 Å². The summed E-state index contributed by atoms with van der Waals surface area (Å²) in [6.07, 6.45) is 2.67. The molecule has 2 aromatic rings. The van der Waals surface area contributed by atoms with Gasteiger partial charge in [-0.2, -0.15) is 4.98 Å². The molecule has 0 radical (unpaired) electrons. The molecule has 0 unspecified atom stereocenters. The first kappa shape index (κ1) is 19.2. The summed E-state index contributed by atoms with van der Waals surface area (Å²) in [5, 5.41) is 15.1. The summed E-state index contributed by atoms with van der Waals surface area (Å²) in [6, 6.07) is 4.09. The predicted molar refractivity (Wildman–Crippen MR) is 92.4 cm³/mol. The van der Waals surface area contributed by atoms with Gasteiger partial charge in [-0.3, -0.25) is 14.9 Å². The lowest BCUT2D eigenvalue weighted by Gasteiger charge is -2.34. The summed E-state index contributed by atoms with van der Waals surface area (Å²) in [5.41, 5.74) is 10.7. The van der Waals surface area contributed by atoms with Gasteiger partial charge in [0.05, 0.1) is 21.1 Å². The fourth-order valence-electron chi connectivity index (χ4n) is 2.37. The first-order valence-electron chi connectivity index (χ1n) is 7.22. The highest BCUT2D eigenvalue weighted by molar-refractivity contribution is 7.98. The smallest absolute Gasteiger partial charge is 0.283 e. The minimum absolute atomic E-state index is 0. The number of aromatic nitrogens is 2. The maximum atomic E-state index is 11.2. The third kappa shape index (κ3) is 3.91. The number of thioether (sulfide) groups is 1. The zero-order valence-electron chi connectivity index (χ0n) is 13.0. The summed E-state index contributed by atoms with van der Waals surface area (Å²) >= 11 is 1.17. The predicted octanol–water partition coefficient (Wildman–Crippen LogP) is 2.13. The zero-order valence-corrected chi connectivity index (χ0v) is 14.6. The third-order valence-corrected chi connectivity index (χ3v) is 5.00. The number of hydrogen-bond acceptors (Lipinski definition) is 8. The van der Waals surface area contributed by atoms with Gasteiger partial charge in [-0.1, -0.05) is 5.16 Å². The van der Waals surface area contributed by atoms with Gasteiger partial charge in [0.2, 0.25) is 11.8 Å². The van der Waals surface area contributed by atoms with Crippen LogP contribution in [0.2, 0.25) is 0 Å². The number of benzene rings is 1. The molecule has 1 saturated carbocycles. The second kappa shape index (κ2) is 7.38. The molecule has 11 heteroatoms. The number of rotatable bonds is 6. The molecule has 0 atom stereocenters. The van der Waals surface area contributed by atoms with E-state index in [0.29, 0.717) is 16.6 Å². The highest BCUT2D eigenvalue weighted by Gasteiger charge is 2.39. The van der Waals surface area contributed by atoms with Gasteiger partial charge >= 0.3 is 0 Å². The van der Waals surface area contributed by atoms with Crippen molar-refractivity contribution in [3.05, 3.63) is 45.6 Å². The molecule has 1 aromatic carbocycles. The summed E-state index contributed by atoms with van der Waals surface area (Å²) in [7, 11) is 0. The molecule has 1 amide bonds. The average Bonchev–Trinajstić information content (AvgIpc) is 2.99. The van der Waals surface area contributed by atoms with Crippen molar-refractivity contribution in [2.24, 2.45) is 11.5 Å². The van der Waals surface area contributed by atoms with Crippen molar-refractivity contribution in [2.75, 3.05) is 0 Å².